The molecule has 0 radical (unpaired) electrons. The van der Waals surface area contributed by atoms with Gasteiger partial charge >= 0.3 is 0 Å². The van der Waals surface area contributed by atoms with Crippen LogP contribution < -0.4 is 16.4 Å². The normalized spacial score (nSPS) is 14.5. The second kappa shape index (κ2) is 4.84. The quantitative estimate of drug-likeness (QED) is 0.721. The Bertz CT molecular complexity index is 444. The average molecular weight is 254 g/mol. The molecule has 4 nitrogen and oxygen atoms in total. The monoisotopic (exact) mass is 253 g/mol. The standard InChI is InChI=1S/C12H16ClN3O/c1-2-15-12(17)8-5-10(14)11(6-9(8)13)16-7-3-4-7/h5-7,16H,2-4,14H2,1H3,(H,15,17). The van der Waals surface area contributed by atoms with Crippen molar-refractivity contribution >= 4 is 28.9 Å². The minimum Gasteiger partial charge on any atom is -0.397 e. The minimum atomic E-state index is -0.192. The van der Waals surface area contributed by atoms with Gasteiger partial charge in [-0.05, 0) is 31.9 Å². The highest BCUT2D eigenvalue weighted by Crippen LogP contribution is 2.32. The van der Waals surface area contributed by atoms with E-state index in [0.717, 1.165) is 18.5 Å². The van der Waals surface area contributed by atoms with Gasteiger partial charge in [0.2, 0.25) is 0 Å². The van der Waals surface area contributed by atoms with E-state index in [1.54, 1.807) is 12.1 Å². The van der Waals surface area contributed by atoms with Gasteiger partial charge in [-0.1, -0.05) is 11.6 Å². The van der Waals surface area contributed by atoms with E-state index in [1.807, 2.05) is 6.92 Å². The van der Waals surface area contributed by atoms with Crippen molar-refractivity contribution in [1.29, 1.82) is 0 Å². The predicted octanol–water partition coefficient (Wildman–Crippen LogP) is 2.25. The highest BCUT2D eigenvalue weighted by Gasteiger charge is 2.22. The maximum absolute atomic E-state index is 11.7. The molecule has 0 atom stereocenters. The largest absolute Gasteiger partial charge is 0.397 e. The van der Waals surface area contributed by atoms with Gasteiger partial charge < -0.3 is 16.4 Å². The van der Waals surface area contributed by atoms with Gasteiger partial charge in [0.25, 0.3) is 5.91 Å². The van der Waals surface area contributed by atoms with Gasteiger partial charge in [0.15, 0.2) is 0 Å². The van der Waals surface area contributed by atoms with Crippen molar-refractivity contribution in [2.75, 3.05) is 17.6 Å². The Morgan fingerprint density at radius 3 is 2.82 bits per heavy atom. The molecule has 1 amide bonds. The predicted molar refractivity (Wildman–Crippen MR) is 70.5 cm³/mol. The summed E-state index contributed by atoms with van der Waals surface area (Å²) in [4.78, 5) is 11.7. The number of benzene rings is 1. The number of hydrogen-bond acceptors (Lipinski definition) is 3. The molecule has 1 fully saturated rings. The number of carbonyl (C=O) groups is 1. The molecule has 1 aliphatic carbocycles. The summed E-state index contributed by atoms with van der Waals surface area (Å²) >= 11 is 6.08. The number of halogens is 1. The molecule has 4 N–H and O–H groups in total. The van der Waals surface area contributed by atoms with Crippen LogP contribution in [0.25, 0.3) is 0 Å². The molecule has 0 unspecified atom stereocenters. The van der Waals surface area contributed by atoms with E-state index in [9.17, 15) is 4.79 Å². The molecule has 0 spiro atoms. The van der Waals surface area contributed by atoms with Gasteiger partial charge in [0.05, 0.1) is 22.0 Å². The van der Waals surface area contributed by atoms with E-state index in [-0.39, 0.29) is 5.91 Å². The number of carbonyl (C=O) groups excluding carboxylic acids is 1. The summed E-state index contributed by atoms with van der Waals surface area (Å²) in [6.45, 7) is 2.43. The van der Waals surface area contributed by atoms with Crippen LogP contribution in [0.3, 0.4) is 0 Å². The summed E-state index contributed by atoms with van der Waals surface area (Å²) < 4.78 is 0. The number of nitrogens with two attached hydrogens (primary N) is 1. The summed E-state index contributed by atoms with van der Waals surface area (Å²) in [7, 11) is 0. The van der Waals surface area contributed by atoms with E-state index in [0.29, 0.717) is 28.9 Å². The van der Waals surface area contributed by atoms with Crippen molar-refractivity contribution in [2.24, 2.45) is 0 Å². The van der Waals surface area contributed by atoms with Crippen LogP contribution in [0.4, 0.5) is 11.4 Å². The molecular formula is C12H16ClN3O. The lowest BCUT2D eigenvalue weighted by Gasteiger charge is -2.12. The van der Waals surface area contributed by atoms with Crippen molar-refractivity contribution in [3.63, 3.8) is 0 Å². The summed E-state index contributed by atoms with van der Waals surface area (Å²) in [6, 6.07) is 3.85. The Morgan fingerprint density at radius 2 is 2.24 bits per heavy atom. The number of anilines is 2. The lowest BCUT2D eigenvalue weighted by atomic mass is 10.1. The van der Waals surface area contributed by atoms with Crippen molar-refractivity contribution in [3.05, 3.63) is 22.7 Å². The van der Waals surface area contributed by atoms with Gasteiger partial charge in [-0.2, -0.15) is 0 Å². The third kappa shape index (κ3) is 2.82. The molecule has 0 aromatic heterocycles. The van der Waals surface area contributed by atoms with E-state index < -0.39 is 0 Å². The Hall–Kier alpha value is -1.42. The molecule has 1 saturated carbocycles. The Balaban J connectivity index is 2.23. The van der Waals surface area contributed by atoms with Crippen LogP contribution in [0.15, 0.2) is 12.1 Å². The number of nitrogen functional groups attached to an aromatic ring is 1. The SMILES string of the molecule is CCNC(=O)c1cc(N)c(NC2CC2)cc1Cl. The molecule has 0 bridgehead atoms. The third-order valence-electron chi connectivity index (χ3n) is 2.66. The zero-order valence-electron chi connectivity index (χ0n) is 9.72. The first-order valence-corrected chi connectivity index (χ1v) is 6.13. The zero-order chi connectivity index (χ0) is 12.4. The molecule has 1 aromatic carbocycles. The van der Waals surface area contributed by atoms with Crippen LogP contribution in [-0.2, 0) is 0 Å². The Labute approximate surface area is 106 Å². The zero-order valence-corrected chi connectivity index (χ0v) is 10.5. The van der Waals surface area contributed by atoms with Gasteiger partial charge in [-0.25, -0.2) is 0 Å². The summed E-state index contributed by atoms with van der Waals surface area (Å²) in [5.41, 5.74) is 7.69. The molecular weight excluding hydrogens is 238 g/mol. The number of hydrogen-bond donors (Lipinski definition) is 3. The van der Waals surface area contributed by atoms with E-state index >= 15 is 0 Å². The van der Waals surface area contributed by atoms with Crippen molar-refractivity contribution in [2.45, 2.75) is 25.8 Å². The van der Waals surface area contributed by atoms with Crippen LogP contribution in [0.5, 0.6) is 0 Å². The topological polar surface area (TPSA) is 67.2 Å². The van der Waals surface area contributed by atoms with Crippen LogP contribution in [-0.4, -0.2) is 18.5 Å². The highest BCUT2D eigenvalue weighted by atomic mass is 35.5. The number of nitrogens with one attached hydrogen (secondary N) is 2. The lowest BCUT2D eigenvalue weighted by Crippen LogP contribution is -2.23. The number of rotatable bonds is 4. The molecule has 0 aliphatic heterocycles. The van der Waals surface area contributed by atoms with E-state index in [2.05, 4.69) is 10.6 Å². The average Bonchev–Trinajstić information content (AvgIpc) is 3.07. The van der Waals surface area contributed by atoms with Crippen LogP contribution >= 0.6 is 11.6 Å². The Morgan fingerprint density at radius 1 is 1.53 bits per heavy atom. The Kier molecular flexibility index (Phi) is 3.43. The van der Waals surface area contributed by atoms with Gasteiger partial charge in [0.1, 0.15) is 0 Å². The molecule has 5 heteroatoms. The number of amides is 1. The summed E-state index contributed by atoms with van der Waals surface area (Å²) in [5.74, 6) is -0.192. The van der Waals surface area contributed by atoms with E-state index in [1.165, 1.54) is 0 Å². The fourth-order valence-corrected chi connectivity index (χ4v) is 1.84. The molecule has 2 rings (SSSR count). The first-order valence-electron chi connectivity index (χ1n) is 5.75. The minimum absolute atomic E-state index is 0.192. The second-order valence-corrected chi connectivity index (χ2v) is 4.60. The molecule has 92 valence electrons. The third-order valence-corrected chi connectivity index (χ3v) is 2.97. The van der Waals surface area contributed by atoms with Crippen molar-refractivity contribution in [3.8, 4) is 0 Å². The van der Waals surface area contributed by atoms with Crippen molar-refractivity contribution < 1.29 is 4.79 Å². The van der Waals surface area contributed by atoms with Crippen LogP contribution in [0.2, 0.25) is 5.02 Å². The molecule has 1 aromatic rings. The lowest BCUT2D eigenvalue weighted by molar-refractivity contribution is 0.0956. The van der Waals surface area contributed by atoms with Gasteiger partial charge in [-0.3, -0.25) is 4.79 Å². The highest BCUT2D eigenvalue weighted by molar-refractivity contribution is 6.34. The second-order valence-electron chi connectivity index (χ2n) is 4.20. The molecule has 0 heterocycles. The smallest absolute Gasteiger partial charge is 0.252 e. The first-order chi connectivity index (χ1) is 8.11. The summed E-state index contributed by atoms with van der Waals surface area (Å²) in [6.07, 6.45) is 2.32. The molecule has 1 aliphatic rings. The first kappa shape index (κ1) is 12.0. The van der Waals surface area contributed by atoms with Crippen LogP contribution in [0, 0.1) is 0 Å². The fraction of sp³-hybridized carbons (Fsp3) is 0.417. The molecule has 0 saturated heterocycles. The summed E-state index contributed by atoms with van der Waals surface area (Å²) in [5, 5.41) is 6.41. The van der Waals surface area contributed by atoms with Gasteiger partial charge in [-0.15, -0.1) is 0 Å². The fourth-order valence-electron chi connectivity index (χ4n) is 1.59. The maximum Gasteiger partial charge on any atom is 0.252 e. The maximum atomic E-state index is 11.7. The van der Waals surface area contributed by atoms with Gasteiger partial charge in [0, 0.05) is 12.6 Å². The van der Waals surface area contributed by atoms with Crippen molar-refractivity contribution in [1.82, 2.24) is 5.32 Å². The molecule has 17 heavy (non-hydrogen) atoms. The van der Waals surface area contributed by atoms with E-state index in [4.69, 9.17) is 17.3 Å². The van der Waals surface area contributed by atoms with Crippen LogP contribution in [0.1, 0.15) is 30.1 Å².